The van der Waals surface area contributed by atoms with Crippen molar-refractivity contribution in [3.05, 3.63) is 0 Å². The van der Waals surface area contributed by atoms with Crippen LogP contribution < -0.4 is 0 Å². The normalized spacial score (nSPS) is 33.2. The van der Waals surface area contributed by atoms with E-state index in [9.17, 15) is 23.1 Å². The number of hydrogen-bond acceptors (Lipinski definition) is 3. The van der Waals surface area contributed by atoms with E-state index in [1.165, 1.54) is 4.90 Å². The molecule has 0 bridgehead atoms. The number of rotatable bonds is 2. The summed E-state index contributed by atoms with van der Waals surface area (Å²) in [7, 11) is 0. The lowest BCUT2D eigenvalue weighted by atomic mass is 9.74. The fourth-order valence-corrected chi connectivity index (χ4v) is 3.68. The van der Waals surface area contributed by atoms with Crippen LogP contribution in [0, 0.1) is 11.3 Å². The molecule has 1 amide bonds. The van der Waals surface area contributed by atoms with E-state index in [-0.39, 0.29) is 18.4 Å². The van der Waals surface area contributed by atoms with Gasteiger partial charge in [-0.3, -0.25) is 4.79 Å². The maximum atomic E-state index is 12.9. The van der Waals surface area contributed by atoms with Gasteiger partial charge in [0.05, 0.1) is 12.0 Å². The minimum Gasteiger partial charge on any atom is -0.381 e. The number of nitrogens with zero attached hydrogens (tertiary/aromatic N) is 1. The number of ether oxygens (including phenoxy) is 1. The molecule has 2 heterocycles. The molecule has 1 aliphatic carbocycles. The van der Waals surface area contributed by atoms with Gasteiger partial charge in [-0.2, -0.15) is 13.2 Å². The maximum Gasteiger partial charge on any atom is 0.419 e. The van der Waals surface area contributed by atoms with Gasteiger partial charge in [-0.05, 0) is 31.6 Å². The minimum absolute atomic E-state index is 0.0236. The molecule has 7 heteroatoms. The van der Waals surface area contributed by atoms with Gasteiger partial charge < -0.3 is 14.7 Å². The predicted molar refractivity (Wildman–Crippen MR) is 67.4 cm³/mol. The molecule has 0 aromatic rings. The number of hydrogen-bond donors (Lipinski definition) is 1. The highest BCUT2D eigenvalue weighted by atomic mass is 19.4. The quantitative estimate of drug-likeness (QED) is 0.845. The molecule has 3 fully saturated rings. The summed E-state index contributed by atoms with van der Waals surface area (Å²) in [6, 6.07) is 0. The molecule has 1 N–H and O–H groups in total. The van der Waals surface area contributed by atoms with Crippen molar-refractivity contribution in [2.75, 3.05) is 26.3 Å². The molecule has 1 unspecified atom stereocenters. The summed E-state index contributed by atoms with van der Waals surface area (Å²) in [5, 5.41) is 9.74. The molecule has 120 valence electrons. The summed E-state index contributed by atoms with van der Waals surface area (Å²) >= 11 is 0. The first-order valence-corrected chi connectivity index (χ1v) is 7.45. The van der Waals surface area contributed by atoms with E-state index in [1.807, 2.05) is 0 Å². The molecule has 0 radical (unpaired) electrons. The van der Waals surface area contributed by atoms with Crippen LogP contribution in [0.5, 0.6) is 0 Å². The molecule has 1 atom stereocenters. The minimum atomic E-state index is -4.69. The highest BCUT2D eigenvalue weighted by Gasteiger charge is 2.60. The Balaban J connectivity index is 1.76. The summed E-state index contributed by atoms with van der Waals surface area (Å²) < 4.78 is 44.0. The average molecular weight is 307 g/mol. The molecule has 0 aromatic carbocycles. The van der Waals surface area contributed by atoms with Crippen LogP contribution in [0.15, 0.2) is 0 Å². The molecule has 0 aromatic heterocycles. The second-order valence-corrected chi connectivity index (χ2v) is 6.55. The molecule has 2 saturated heterocycles. The maximum absolute atomic E-state index is 12.9. The highest BCUT2D eigenvalue weighted by Crippen LogP contribution is 2.53. The van der Waals surface area contributed by atoms with E-state index >= 15 is 0 Å². The fourth-order valence-electron chi connectivity index (χ4n) is 3.68. The SMILES string of the molecule is O=C(N1CCC(O)(C(F)(F)F)C1)C1(C2CC2)CCOCC1. The van der Waals surface area contributed by atoms with Crippen molar-refractivity contribution < 1.29 is 27.8 Å². The van der Waals surface area contributed by atoms with E-state index in [2.05, 4.69) is 0 Å². The van der Waals surface area contributed by atoms with Crippen LogP contribution in [0.1, 0.15) is 32.1 Å². The highest BCUT2D eigenvalue weighted by molar-refractivity contribution is 5.84. The van der Waals surface area contributed by atoms with Gasteiger partial charge in [0, 0.05) is 26.2 Å². The zero-order chi connectivity index (χ0) is 15.3. The number of halogens is 3. The molecular weight excluding hydrogens is 287 g/mol. The van der Waals surface area contributed by atoms with Gasteiger partial charge in [0.1, 0.15) is 0 Å². The Morgan fingerprint density at radius 1 is 1.19 bits per heavy atom. The third-order valence-corrected chi connectivity index (χ3v) is 5.23. The largest absolute Gasteiger partial charge is 0.419 e. The zero-order valence-corrected chi connectivity index (χ0v) is 11.8. The van der Waals surface area contributed by atoms with Gasteiger partial charge in [-0.15, -0.1) is 0 Å². The summed E-state index contributed by atoms with van der Waals surface area (Å²) in [6.07, 6.45) is -2.04. The molecule has 4 nitrogen and oxygen atoms in total. The number of likely N-dealkylation sites (tertiary alicyclic amines) is 1. The van der Waals surface area contributed by atoms with Gasteiger partial charge >= 0.3 is 6.18 Å². The van der Waals surface area contributed by atoms with Crippen LogP contribution in [0.4, 0.5) is 13.2 Å². The Labute approximate surface area is 121 Å². The van der Waals surface area contributed by atoms with Crippen LogP contribution in [0.3, 0.4) is 0 Å². The van der Waals surface area contributed by atoms with Crippen LogP contribution in [-0.2, 0) is 9.53 Å². The van der Waals surface area contributed by atoms with E-state index in [1.54, 1.807) is 0 Å². The number of β-amino-alcohol motifs (C(OH)–C–C–N with tert-alkyl or cyclic N) is 1. The number of carbonyl (C=O) groups is 1. The van der Waals surface area contributed by atoms with Crippen molar-refractivity contribution in [2.24, 2.45) is 11.3 Å². The standard InChI is InChI=1S/C14H20F3NO3/c15-14(16,17)13(20)3-6-18(9-13)11(19)12(10-1-2-10)4-7-21-8-5-12/h10,20H,1-9H2. The van der Waals surface area contributed by atoms with E-state index < -0.39 is 30.2 Å². The lowest BCUT2D eigenvalue weighted by Gasteiger charge is -2.39. The van der Waals surface area contributed by atoms with Crippen LogP contribution in [-0.4, -0.2) is 54.0 Å². The van der Waals surface area contributed by atoms with Crippen molar-refractivity contribution in [2.45, 2.75) is 43.9 Å². The first-order valence-electron chi connectivity index (χ1n) is 7.45. The second kappa shape index (κ2) is 4.84. The lowest BCUT2D eigenvalue weighted by molar-refractivity contribution is -0.253. The molecule has 3 rings (SSSR count). The average Bonchev–Trinajstić information content (AvgIpc) is 3.21. The van der Waals surface area contributed by atoms with Crippen LogP contribution in [0.2, 0.25) is 0 Å². The van der Waals surface area contributed by atoms with Gasteiger partial charge in [-0.1, -0.05) is 0 Å². The third-order valence-electron chi connectivity index (χ3n) is 5.23. The third kappa shape index (κ3) is 2.44. The monoisotopic (exact) mass is 307 g/mol. The van der Waals surface area contributed by atoms with Crippen molar-refractivity contribution in [1.29, 1.82) is 0 Å². The van der Waals surface area contributed by atoms with Gasteiger partial charge in [0.25, 0.3) is 0 Å². The predicted octanol–water partition coefficient (Wildman–Crippen LogP) is 1.72. The van der Waals surface area contributed by atoms with E-state index in [0.717, 1.165) is 12.8 Å². The lowest BCUT2D eigenvalue weighted by Crippen LogP contribution is -2.51. The number of alkyl halides is 3. The first kappa shape index (κ1) is 15.1. The first-order chi connectivity index (χ1) is 9.79. The Morgan fingerprint density at radius 2 is 1.81 bits per heavy atom. The molecule has 2 aliphatic heterocycles. The zero-order valence-electron chi connectivity index (χ0n) is 11.8. The summed E-state index contributed by atoms with van der Waals surface area (Å²) in [5.74, 6) is 0.0574. The van der Waals surface area contributed by atoms with Crippen molar-refractivity contribution in [3.8, 4) is 0 Å². The summed E-state index contributed by atoms with van der Waals surface area (Å²) in [5.41, 5.74) is -3.31. The van der Waals surface area contributed by atoms with Crippen LogP contribution in [0.25, 0.3) is 0 Å². The van der Waals surface area contributed by atoms with Gasteiger partial charge in [0.2, 0.25) is 5.91 Å². The number of carbonyl (C=O) groups excluding carboxylic acids is 1. The Kier molecular flexibility index (Phi) is 3.48. The Bertz CT molecular complexity index is 430. The molecule has 1 saturated carbocycles. The molecule has 21 heavy (non-hydrogen) atoms. The topological polar surface area (TPSA) is 49.8 Å². The van der Waals surface area contributed by atoms with Crippen molar-refractivity contribution in [3.63, 3.8) is 0 Å². The second-order valence-electron chi connectivity index (χ2n) is 6.55. The van der Waals surface area contributed by atoms with Gasteiger partial charge in [0.15, 0.2) is 5.60 Å². The number of aliphatic hydroxyl groups is 1. The fraction of sp³-hybridized carbons (Fsp3) is 0.929. The number of amides is 1. The molecule has 3 aliphatic rings. The van der Waals surface area contributed by atoms with Crippen molar-refractivity contribution >= 4 is 5.91 Å². The van der Waals surface area contributed by atoms with Gasteiger partial charge in [-0.25, -0.2) is 0 Å². The Morgan fingerprint density at radius 3 is 2.29 bits per heavy atom. The molecule has 0 spiro atoms. The van der Waals surface area contributed by atoms with Crippen molar-refractivity contribution in [1.82, 2.24) is 4.90 Å². The molecular formula is C14H20F3NO3. The smallest absolute Gasteiger partial charge is 0.381 e. The van der Waals surface area contributed by atoms with E-state index in [0.29, 0.717) is 26.1 Å². The Hall–Kier alpha value is -0.820. The summed E-state index contributed by atoms with van der Waals surface area (Å²) in [6.45, 7) is 0.314. The van der Waals surface area contributed by atoms with Crippen LogP contribution >= 0.6 is 0 Å². The summed E-state index contributed by atoms with van der Waals surface area (Å²) in [4.78, 5) is 14.0. The van der Waals surface area contributed by atoms with E-state index in [4.69, 9.17) is 4.74 Å².